The van der Waals surface area contributed by atoms with Crippen molar-refractivity contribution in [3.05, 3.63) is 84.6 Å². The molecule has 11 heteroatoms. The second kappa shape index (κ2) is 12.0. The van der Waals surface area contributed by atoms with Gasteiger partial charge in [0.05, 0.1) is 23.3 Å². The van der Waals surface area contributed by atoms with Gasteiger partial charge in [-0.3, -0.25) is 14.8 Å². The maximum absolute atomic E-state index is 13.5. The third-order valence-electron chi connectivity index (χ3n) is 8.86. The first-order valence-corrected chi connectivity index (χ1v) is 14.1. The molecule has 0 aliphatic heterocycles. The Kier molecular flexibility index (Phi) is 8.54. The van der Waals surface area contributed by atoms with E-state index in [0.29, 0.717) is 29.2 Å². The van der Waals surface area contributed by atoms with E-state index >= 15 is 0 Å². The maximum atomic E-state index is 13.5. The van der Waals surface area contributed by atoms with Crippen molar-refractivity contribution in [1.29, 1.82) is 0 Å². The summed E-state index contributed by atoms with van der Waals surface area (Å²) in [5.74, 6) is -0.917. The minimum atomic E-state index is -4.44. The quantitative estimate of drug-likeness (QED) is 0.218. The molecular weight excluding hydrogens is 572 g/mol. The Labute approximate surface area is 245 Å². The molecule has 2 aromatic heterocycles. The molecule has 1 aromatic carbocycles. The number of benzene rings is 1. The lowest BCUT2D eigenvalue weighted by molar-refractivity contribution is -0.137. The Morgan fingerprint density at radius 3 is 2.23 bits per heavy atom. The highest BCUT2D eigenvalue weighted by atomic mass is 19.4. The second-order valence-electron chi connectivity index (χ2n) is 11.5. The van der Waals surface area contributed by atoms with Gasteiger partial charge in [0.25, 0.3) is 0 Å². The van der Waals surface area contributed by atoms with Gasteiger partial charge in [-0.25, -0.2) is 4.39 Å². The van der Waals surface area contributed by atoms with Gasteiger partial charge in [0.2, 0.25) is 5.91 Å². The summed E-state index contributed by atoms with van der Waals surface area (Å²) in [7, 11) is 0. The lowest BCUT2D eigenvalue weighted by Crippen LogP contribution is -2.51. The molecule has 0 radical (unpaired) electrons. The molecule has 2 bridgehead atoms. The third kappa shape index (κ3) is 6.86. The number of carbonyl (C=O) groups is 1. The van der Waals surface area contributed by atoms with Gasteiger partial charge in [-0.1, -0.05) is 18.7 Å². The summed E-state index contributed by atoms with van der Waals surface area (Å²) in [6.07, 6.45) is 2.02. The van der Waals surface area contributed by atoms with Crippen LogP contribution in [0.1, 0.15) is 62.6 Å². The van der Waals surface area contributed by atoms with E-state index < -0.39 is 24.2 Å². The Bertz CT molecular complexity index is 1430. The average molecular weight is 604 g/mol. The smallest absolute Gasteiger partial charge is 0.417 e. The molecule has 0 atom stereocenters. The van der Waals surface area contributed by atoms with Crippen molar-refractivity contribution in [1.82, 2.24) is 9.97 Å². The Morgan fingerprint density at radius 1 is 0.953 bits per heavy atom. The van der Waals surface area contributed by atoms with Gasteiger partial charge in [0.1, 0.15) is 5.75 Å². The van der Waals surface area contributed by atoms with E-state index in [-0.39, 0.29) is 35.3 Å². The second-order valence-corrected chi connectivity index (χ2v) is 11.5. The molecule has 2 heterocycles. The first kappa shape index (κ1) is 30.6. The Balaban J connectivity index is 1.36. The molecule has 1 amide bonds. The minimum absolute atomic E-state index is 0.0625. The molecule has 3 aromatic rings. The van der Waals surface area contributed by atoms with Crippen molar-refractivity contribution < 1.29 is 35.9 Å². The number of anilines is 1. The van der Waals surface area contributed by atoms with Crippen molar-refractivity contribution in [2.45, 2.75) is 69.6 Å². The number of pyridine rings is 2. The number of alkyl halides is 5. The molecule has 3 aliphatic rings. The van der Waals surface area contributed by atoms with Crippen LogP contribution in [0.2, 0.25) is 0 Å². The average Bonchev–Trinajstić information content (AvgIpc) is 2.99. The van der Waals surface area contributed by atoms with Gasteiger partial charge in [-0.2, -0.15) is 22.0 Å². The van der Waals surface area contributed by atoms with Gasteiger partial charge in [-0.05, 0) is 80.3 Å². The van der Waals surface area contributed by atoms with Crippen molar-refractivity contribution in [2.75, 3.05) is 11.4 Å². The summed E-state index contributed by atoms with van der Waals surface area (Å²) in [6, 6.07) is 12.7. The summed E-state index contributed by atoms with van der Waals surface area (Å²) in [5, 5.41) is 0. The van der Waals surface area contributed by atoms with E-state index in [0.717, 1.165) is 50.8 Å². The van der Waals surface area contributed by atoms with Crippen LogP contribution in [0.25, 0.3) is 11.3 Å². The number of nitrogens with zero attached hydrogens (tertiary/aromatic N) is 3. The SMILES string of the molecule is C=C(F)CCC(=O)N(CC12CCC(c3ccc(C(F)(F)F)cn3)(CC1)CC2)c1cccc(-c2ccc(OC(F)F)cn2)c1. The summed E-state index contributed by atoms with van der Waals surface area (Å²) in [4.78, 5) is 23.6. The number of hydrogen-bond donors (Lipinski definition) is 0. The third-order valence-corrected chi connectivity index (χ3v) is 8.86. The van der Waals surface area contributed by atoms with Crippen LogP contribution in [0, 0.1) is 5.41 Å². The van der Waals surface area contributed by atoms with E-state index in [1.165, 1.54) is 18.3 Å². The summed E-state index contributed by atoms with van der Waals surface area (Å²) >= 11 is 0. The lowest BCUT2D eigenvalue weighted by atomic mass is 9.52. The number of halogens is 6. The molecule has 0 saturated heterocycles. The largest absolute Gasteiger partial charge is 0.433 e. The van der Waals surface area contributed by atoms with Crippen LogP contribution >= 0.6 is 0 Å². The molecule has 0 N–H and O–H groups in total. The van der Waals surface area contributed by atoms with Crippen molar-refractivity contribution in [3.8, 4) is 17.0 Å². The van der Waals surface area contributed by atoms with Gasteiger partial charge in [-0.15, -0.1) is 0 Å². The number of aromatic nitrogens is 2. The predicted octanol–water partition coefficient (Wildman–Crippen LogP) is 8.65. The molecule has 228 valence electrons. The van der Waals surface area contributed by atoms with Crippen LogP contribution < -0.4 is 9.64 Å². The fourth-order valence-corrected chi connectivity index (χ4v) is 6.35. The van der Waals surface area contributed by atoms with E-state index in [1.54, 1.807) is 35.2 Å². The number of rotatable bonds is 10. The van der Waals surface area contributed by atoms with Crippen LogP contribution in [0.15, 0.2) is 73.3 Å². The number of carbonyl (C=O) groups excluding carboxylic acids is 1. The van der Waals surface area contributed by atoms with E-state index in [4.69, 9.17) is 0 Å². The molecule has 3 fully saturated rings. The van der Waals surface area contributed by atoms with Crippen molar-refractivity contribution in [2.24, 2.45) is 5.41 Å². The molecule has 43 heavy (non-hydrogen) atoms. The minimum Gasteiger partial charge on any atom is -0.433 e. The number of hydrogen-bond acceptors (Lipinski definition) is 4. The summed E-state index contributed by atoms with van der Waals surface area (Å²) in [5.41, 5.74) is 1.16. The van der Waals surface area contributed by atoms with E-state index in [9.17, 15) is 31.1 Å². The molecular formula is C32H31F6N3O2. The van der Waals surface area contributed by atoms with Crippen LogP contribution in [0.4, 0.5) is 32.0 Å². The van der Waals surface area contributed by atoms with Gasteiger partial charge < -0.3 is 9.64 Å². The van der Waals surface area contributed by atoms with Gasteiger partial charge in [0, 0.05) is 47.9 Å². The number of amides is 1. The van der Waals surface area contributed by atoms with E-state index in [2.05, 4.69) is 21.3 Å². The molecule has 3 aliphatic carbocycles. The van der Waals surface area contributed by atoms with Crippen LogP contribution in [-0.2, 0) is 16.4 Å². The number of fused-ring (bicyclic) bond motifs is 3. The molecule has 5 nitrogen and oxygen atoms in total. The van der Waals surface area contributed by atoms with Crippen LogP contribution in [-0.4, -0.2) is 29.0 Å². The van der Waals surface area contributed by atoms with Crippen LogP contribution in [0.5, 0.6) is 5.75 Å². The first-order chi connectivity index (χ1) is 20.4. The highest BCUT2D eigenvalue weighted by Gasteiger charge is 2.51. The molecule has 0 unspecified atom stereocenters. The fraction of sp³-hybridized carbons (Fsp3) is 0.406. The first-order valence-electron chi connectivity index (χ1n) is 14.1. The predicted molar refractivity (Wildman–Crippen MR) is 149 cm³/mol. The van der Waals surface area contributed by atoms with Gasteiger partial charge in [0.15, 0.2) is 0 Å². The Hall–Kier alpha value is -3.89. The van der Waals surface area contributed by atoms with Crippen molar-refractivity contribution >= 4 is 11.6 Å². The zero-order valence-corrected chi connectivity index (χ0v) is 23.3. The summed E-state index contributed by atoms with van der Waals surface area (Å²) in [6.45, 7) is 0.709. The van der Waals surface area contributed by atoms with Crippen LogP contribution in [0.3, 0.4) is 0 Å². The normalized spacial score (nSPS) is 21.6. The number of allylic oxidation sites excluding steroid dienone is 1. The van der Waals surface area contributed by atoms with Crippen molar-refractivity contribution in [3.63, 3.8) is 0 Å². The topological polar surface area (TPSA) is 55.3 Å². The summed E-state index contributed by atoms with van der Waals surface area (Å²) < 4.78 is 82.2. The standard InChI is InChI=1S/C32H31F6N3O2/c1-21(33)5-10-28(42)41(24-4-2-3-22(17-24)26-8-7-25(19-39-26)43-29(34)35)20-30-11-14-31(15-12-30,16-13-30)27-9-6-23(18-40-27)32(36,37)38/h2-4,6-9,17-19,29H,1,5,10-16,20H2. The molecule has 0 spiro atoms. The highest BCUT2D eigenvalue weighted by Crippen LogP contribution is 2.58. The fourth-order valence-electron chi connectivity index (χ4n) is 6.35. The maximum Gasteiger partial charge on any atom is 0.417 e. The molecule has 3 saturated carbocycles. The number of ether oxygens (including phenoxy) is 1. The zero-order chi connectivity index (χ0) is 30.8. The lowest BCUT2D eigenvalue weighted by Gasteiger charge is -2.54. The van der Waals surface area contributed by atoms with E-state index in [1.807, 2.05) is 0 Å². The Morgan fingerprint density at radius 2 is 1.67 bits per heavy atom. The van der Waals surface area contributed by atoms with Gasteiger partial charge >= 0.3 is 12.8 Å². The highest BCUT2D eigenvalue weighted by molar-refractivity contribution is 5.94. The molecule has 6 rings (SSSR count). The zero-order valence-electron chi connectivity index (χ0n) is 23.3. The monoisotopic (exact) mass is 603 g/mol.